The van der Waals surface area contributed by atoms with E-state index in [0.29, 0.717) is 36.4 Å². The van der Waals surface area contributed by atoms with E-state index in [9.17, 15) is 14.4 Å². The van der Waals surface area contributed by atoms with Crippen LogP contribution < -0.4 is 10.6 Å². The molecule has 2 aliphatic rings. The molecule has 1 atom stereocenters. The number of rotatable bonds is 6. The van der Waals surface area contributed by atoms with Crippen molar-refractivity contribution in [2.24, 2.45) is 0 Å². The molecule has 2 heterocycles. The molecule has 2 saturated heterocycles. The van der Waals surface area contributed by atoms with Crippen LogP contribution in [0.4, 0.5) is 5.69 Å². The highest BCUT2D eigenvalue weighted by Crippen LogP contribution is 2.17. The van der Waals surface area contributed by atoms with Crippen molar-refractivity contribution in [1.82, 2.24) is 10.2 Å². The third-order valence-corrected chi connectivity index (χ3v) is 5.63. The molecule has 7 nitrogen and oxygen atoms in total. The Morgan fingerprint density at radius 3 is 2.52 bits per heavy atom. The summed E-state index contributed by atoms with van der Waals surface area (Å²) in [5, 5.41) is 5.70. The third kappa shape index (κ3) is 5.30. The van der Waals surface area contributed by atoms with Crippen LogP contribution in [-0.2, 0) is 16.1 Å². The quantitative estimate of drug-likeness (QED) is 0.751. The lowest BCUT2D eigenvalue weighted by molar-refractivity contribution is -0.124. The molecule has 0 spiro atoms. The fourth-order valence-electron chi connectivity index (χ4n) is 3.95. The fraction of sp³-hybridized carbons (Fsp3) is 0.375. The van der Waals surface area contributed by atoms with Crippen LogP contribution in [0.5, 0.6) is 0 Å². The van der Waals surface area contributed by atoms with Crippen molar-refractivity contribution in [1.29, 1.82) is 0 Å². The molecular formula is C24H27N3O4. The molecule has 7 heteroatoms. The molecule has 0 radical (unpaired) electrons. The molecule has 2 N–H and O–H groups in total. The van der Waals surface area contributed by atoms with Gasteiger partial charge in [-0.25, -0.2) is 0 Å². The van der Waals surface area contributed by atoms with Gasteiger partial charge in [-0.2, -0.15) is 0 Å². The van der Waals surface area contributed by atoms with Crippen molar-refractivity contribution >= 4 is 23.4 Å². The number of anilines is 1. The standard InChI is InChI=1S/C24H27N3O4/c28-22(18-7-4-9-20(15-18)26-23(29)21-10-5-13-31-21)25-16-17-6-3-8-19(14-17)24(30)27-11-1-2-12-27/h3-4,6-9,14-15,21H,1-2,5,10-13,16H2,(H,25,28)(H,26,29). The van der Waals surface area contributed by atoms with E-state index in [4.69, 9.17) is 4.74 Å². The minimum absolute atomic E-state index is 0.0420. The molecular weight excluding hydrogens is 394 g/mol. The predicted molar refractivity (Wildman–Crippen MR) is 117 cm³/mol. The van der Waals surface area contributed by atoms with Crippen molar-refractivity contribution in [2.45, 2.75) is 38.3 Å². The Bertz CT molecular complexity index is 963. The maximum Gasteiger partial charge on any atom is 0.253 e. The fourth-order valence-corrected chi connectivity index (χ4v) is 3.95. The van der Waals surface area contributed by atoms with Crippen molar-refractivity contribution in [3.63, 3.8) is 0 Å². The highest BCUT2D eigenvalue weighted by molar-refractivity contribution is 5.98. The summed E-state index contributed by atoms with van der Waals surface area (Å²) in [7, 11) is 0. The van der Waals surface area contributed by atoms with Gasteiger partial charge in [0.15, 0.2) is 0 Å². The molecule has 162 valence electrons. The first-order chi connectivity index (χ1) is 15.1. The van der Waals surface area contributed by atoms with Crippen LogP contribution in [0.1, 0.15) is 52.0 Å². The molecule has 2 fully saturated rings. The van der Waals surface area contributed by atoms with Gasteiger partial charge in [0.2, 0.25) is 0 Å². The molecule has 1 unspecified atom stereocenters. The summed E-state index contributed by atoms with van der Waals surface area (Å²) in [4.78, 5) is 39.3. The number of nitrogens with zero attached hydrogens (tertiary/aromatic N) is 1. The second-order valence-electron chi connectivity index (χ2n) is 7.95. The molecule has 0 aliphatic carbocycles. The van der Waals surface area contributed by atoms with Crippen molar-refractivity contribution in [2.75, 3.05) is 25.0 Å². The number of likely N-dealkylation sites (tertiary alicyclic amines) is 1. The van der Waals surface area contributed by atoms with Crippen LogP contribution in [-0.4, -0.2) is 48.4 Å². The van der Waals surface area contributed by atoms with E-state index in [0.717, 1.165) is 37.9 Å². The van der Waals surface area contributed by atoms with Crippen molar-refractivity contribution in [3.05, 3.63) is 65.2 Å². The lowest BCUT2D eigenvalue weighted by atomic mass is 10.1. The van der Waals surface area contributed by atoms with Crippen molar-refractivity contribution in [3.8, 4) is 0 Å². The number of amides is 3. The first-order valence-electron chi connectivity index (χ1n) is 10.8. The van der Waals surface area contributed by atoms with E-state index in [-0.39, 0.29) is 17.7 Å². The summed E-state index contributed by atoms with van der Waals surface area (Å²) in [5.74, 6) is -0.389. The molecule has 0 bridgehead atoms. The Labute approximate surface area is 181 Å². The minimum atomic E-state index is -0.423. The maximum absolute atomic E-state index is 12.6. The maximum atomic E-state index is 12.6. The molecule has 4 rings (SSSR count). The van der Waals surface area contributed by atoms with Crippen LogP contribution in [0.3, 0.4) is 0 Å². The number of ether oxygens (including phenoxy) is 1. The van der Waals surface area contributed by atoms with Gasteiger partial charge in [-0.15, -0.1) is 0 Å². The summed E-state index contributed by atoms with van der Waals surface area (Å²) in [5.41, 5.74) is 2.52. The zero-order valence-corrected chi connectivity index (χ0v) is 17.4. The minimum Gasteiger partial charge on any atom is -0.368 e. The first-order valence-corrected chi connectivity index (χ1v) is 10.8. The second kappa shape index (κ2) is 9.75. The van der Waals surface area contributed by atoms with Gasteiger partial charge in [-0.05, 0) is 61.6 Å². The smallest absolute Gasteiger partial charge is 0.253 e. The van der Waals surface area contributed by atoms with Gasteiger partial charge in [0, 0.05) is 43.1 Å². The van der Waals surface area contributed by atoms with E-state index < -0.39 is 6.10 Å². The van der Waals surface area contributed by atoms with Gasteiger partial charge in [0.05, 0.1) is 0 Å². The molecule has 0 aromatic heterocycles. The summed E-state index contributed by atoms with van der Waals surface area (Å²) in [6.07, 6.45) is 3.27. The third-order valence-electron chi connectivity index (χ3n) is 5.63. The molecule has 2 aromatic rings. The van der Waals surface area contributed by atoms with Crippen LogP contribution in [0.2, 0.25) is 0 Å². The van der Waals surface area contributed by atoms with Gasteiger partial charge in [-0.1, -0.05) is 18.2 Å². The van der Waals surface area contributed by atoms with Crippen LogP contribution in [0.15, 0.2) is 48.5 Å². The summed E-state index contributed by atoms with van der Waals surface area (Å²) < 4.78 is 5.39. The van der Waals surface area contributed by atoms with E-state index in [2.05, 4.69) is 10.6 Å². The topological polar surface area (TPSA) is 87.7 Å². The molecule has 2 aromatic carbocycles. The second-order valence-corrected chi connectivity index (χ2v) is 7.95. The summed E-state index contributed by atoms with van der Waals surface area (Å²) in [6.45, 7) is 2.52. The Morgan fingerprint density at radius 2 is 1.74 bits per heavy atom. The van der Waals surface area contributed by atoms with Gasteiger partial charge in [0.25, 0.3) is 17.7 Å². The number of carbonyl (C=O) groups is 3. The zero-order chi connectivity index (χ0) is 21.6. The Balaban J connectivity index is 1.35. The number of hydrogen-bond acceptors (Lipinski definition) is 4. The Morgan fingerprint density at radius 1 is 0.968 bits per heavy atom. The average Bonchev–Trinajstić information content (AvgIpc) is 3.52. The van der Waals surface area contributed by atoms with Crippen molar-refractivity contribution < 1.29 is 19.1 Å². The monoisotopic (exact) mass is 421 g/mol. The zero-order valence-electron chi connectivity index (χ0n) is 17.4. The van der Waals surface area contributed by atoms with E-state index in [1.165, 1.54) is 0 Å². The Kier molecular flexibility index (Phi) is 6.62. The van der Waals surface area contributed by atoms with Gasteiger partial charge in [0.1, 0.15) is 6.10 Å². The molecule has 2 aliphatic heterocycles. The summed E-state index contributed by atoms with van der Waals surface area (Å²) in [6, 6.07) is 14.2. The lowest BCUT2D eigenvalue weighted by Crippen LogP contribution is -2.28. The van der Waals surface area contributed by atoms with Gasteiger partial charge >= 0.3 is 0 Å². The average molecular weight is 421 g/mol. The SMILES string of the molecule is O=C(NCc1cccc(C(=O)N2CCCC2)c1)c1cccc(NC(=O)C2CCCO2)c1. The molecule has 31 heavy (non-hydrogen) atoms. The normalized spacial score (nSPS) is 18.1. The molecule has 0 saturated carbocycles. The lowest BCUT2D eigenvalue weighted by Gasteiger charge is -2.16. The van der Waals surface area contributed by atoms with Gasteiger partial charge in [-0.3, -0.25) is 14.4 Å². The van der Waals surface area contributed by atoms with E-state index in [1.54, 1.807) is 24.3 Å². The van der Waals surface area contributed by atoms with Crippen LogP contribution in [0.25, 0.3) is 0 Å². The number of nitrogens with one attached hydrogen (secondary N) is 2. The van der Waals surface area contributed by atoms with E-state index in [1.807, 2.05) is 29.2 Å². The highest BCUT2D eigenvalue weighted by atomic mass is 16.5. The number of benzene rings is 2. The first kappa shape index (κ1) is 21.1. The summed E-state index contributed by atoms with van der Waals surface area (Å²) >= 11 is 0. The Hall–Kier alpha value is -3.19. The predicted octanol–water partition coefficient (Wildman–Crippen LogP) is 2.97. The number of carbonyl (C=O) groups excluding carboxylic acids is 3. The number of hydrogen-bond donors (Lipinski definition) is 2. The molecule has 3 amide bonds. The van der Waals surface area contributed by atoms with Crippen LogP contribution >= 0.6 is 0 Å². The highest BCUT2D eigenvalue weighted by Gasteiger charge is 2.23. The largest absolute Gasteiger partial charge is 0.368 e. The van der Waals surface area contributed by atoms with Crippen LogP contribution in [0, 0.1) is 0 Å². The van der Waals surface area contributed by atoms with Gasteiger partial charge < -0.3 is 20.3 Å². The van der Waals surface area contributed by atoms with E-state index >= 15 is 0 Å².